The lowest BCUT2D eigenvalue weighted by Crippen LogP contribution is -2.25. The fraction of sp³-hybridized carbons (Fsp3) is 0.500. The Morgan fingerprint density at radius 2 is 2.18 bits per heavy atom. The Hall–Kier alpha value is -1.19. The van der Waals surface area contributed by atoms with Gasteiger partial charge in [0.05, 0.1) is 0 Å². The van der Waals surface area contributed by atoms with E-state index in [0.29, 0.717) is 11.3 Å². The Labute approximate surface area is 102 Å². The number of aliphatic carboxylic acids is 1. The summed E-state index contributed by atoms with van der Waals surface area (Å²) in [5.41, 5.74) is 0.283. The summed E-state index contributed by atoms with van der Waals surface area (Å²) >= 11 is 0.608. The molecule has 1 heterocycles. The van der Waals surface area contributed by atoms with Gasteiger partial charge in [-0.1, -0.05) is 11.3 Å². The Morgan fingerprint density at radius 3 is 2.65 bits per heavy atom. The molecule has 0 saturated carbocycles. The molecular formula is C8H12N2O5S2. The average molecular weight is 280 g/mol. The van der Waals surface area contributed by atoms with Crippen LogP contribution in [0.5, 0.6) is 0 Å². The zero-order chi connectivity index (χ0) is 13.1. The molecule has 1 aromatic rings. The van der Waals surface area contributed by atoms with Crippen LogP contribution in [0.1, 0.15) is 18.5 Å². The van der Waals surface area contributed by atoms with Gasteiger partial charge in [0.25, 0.3) is 10.0 Å². The summed E-state index contributed by atoms with van der Waals surface area (Å²) in [4.78, 5) is 23.1. The van der Waals surface area contributed by atoms with Crippen LogP contribution in [0.15, 0.2) is 9.00 Å². The first kappa shape index (κ1) is 13.9. The third-order valence-electron chi connectivity index (χ3n) is 1.88. The highest BCUT2D eigenvalue weighted by Crippen LogP contribution is 2.15. The molecule has 0 saturated heterocycles. The van der Waals surface area contributed by atoms with E-state index in [4.69, 9.17) is 5.11 Å². The smallest absolute Gasteiger partial charge is 0.305 e. The molecule has 1 rings (SSSR count). The molecule has 0 spiro atoms. The maximum Gasteiger partial charge on any atom is 0.305 e. The van der Waals surface area contributed by atoms with Crippen LogP contribution in [-0.2, 0) is 14.8 Å². The molecule has 9 heteroatoms. The summed E-state index contributed by atoms with van der Waals surface area (Å²) < 4.78 is 25.6. The van der Waals surface area contributed by atoms with Crippen LogP contribution in [0.4, 0.5) is 0 Å². The van der Waals surface area contributed by atoms with Crippen LogP contribution in [0.25, 0.3) is 0 Å². The number of nitrogens with one attached hydrogen (secondary N) is 2. The zero-order valence-corrected chi connectivity index (χ0v) is 10.7. The molecule has 0 amide bonds. The van der Waals surface area contributed by atoms with E-state index in [1.807, 2.05) is 0 Å². The number of aromatic amines is 1. The Bertz CT molecular complexity index is 557. The summed E-state index contributed by atoms with van der Waals surface area (Å²) in [6, 6.07) is 0. The molecule has 96 valence electrons. The zero-order valence-electron chi connectivity index (χ0n) is 9.02. The first-order valence-corrected chi connectivity index (χ1v) is 7.04. The van der Waals surface area contributed by atoms with E-state index >= 15 is 0 Å². The number of carboxylic acids is 1. The first-order chi connectivity index (χ1) is 7.83. The van der Waals surface area contributed by atoms with E-state index in [0.717, 1.165) is 0 Å². The number of rotatable bonds is 6. The van der Waals surface area contributed by atoms with Crippen molar-refractivity contribution in [3.63, 3.8) is 0 Å². The summed E-state index contributed by atoms with van der Waals surface area (Å²) in [5, 5.41) is 8.39. The van der Waals surface area contributed by atoms with E-state index in [1.54, 1.807) is 0 Å². The average Bonchev–Trinajstić information content (AvgIpc) is 2.53. The van der Waals surface area contributed by atoms with Gasteiger partial charge in [-0.05, 0) is 13.3 Å². The lowest BCUT2D eigenvalue weighted by Gasteiger charge is -2.03. The van der Waals surface area contributed by atoms with Crippen LogP contribution in [0.2, 0.25) is 0 Å². The van der Waals surface area contributed by atoms with Crippen LogP contribution < -0.4 is 9.60 Å². The van der Waals surface area contributed by atoms with Crippen molar-refractivity contribution >= 4 is 27.3 Å². The van der Waals surface area contributed by atoms with Crippen LogP contribution >= 0.6 is 11.3 Å². The second-order valence-corrected chi connectivity index (χ2v) is 6.27. The molecular weight excluding hydrogens is 268 g/mol. The minimum absolute atomic E-state index is 0.0279. The third-order valence-corrected chi connectivity index (χ3v) is 4.95. The van der Waals surface area contributed by atoms with Gasteiger partial charge in [0.15, 0.2) is 4.21 Å². The van der Waals surface area contributed by atoms with Crippen molar-refractivity contribution in [3.05, 3.63) is 15.4 Å². The minimum Gasteiger partial charge on any atom is -0.481 e. The predicted molar refractivity (Wildman–Crippen MR) is 61.7 cm³/mol. The van der Waals surface area contributed by atoms with Gasteiger partial charge in [0.1, 0.15) is 0 Å². The monoisotopic (exact) mass is 280 g/mol. The summed E-state index contributed by atoms with van der Waals surface area (Å²) in [6.07, 6.45) is 0.0950. The second-order valence-electron chi connectivity index (χ2n) is 3.32. The lowest BCUT2D eigenvalue weighted by atomic mass is 10.3. The van der Waals surface area contributed by atoms with Crippen molar-refractivity contribution in [2.75, 3.05) is 6.54 Å². The molecule has 0 atom stereocenters. The Kier molecular flexibility index (Phi) is 4.43. The molecule has 0 unspecified atom stereocenters. The molecule has 0 aliphatic rings. The van der Waals surface area contributed by atoms with Crippen LogP contribution in [0.3, 0.4) is 0 Å². The number of carboxylic acid groups (broad SMARTS) is 1. The summed E-state index contributed by atoms with van der Waals surface area (Å²) in [5.74, 6) is -0.980. The molecule has 0 fully saturated rings. The van der Waals surface area contributed by atoms with E-state index in [9.17, 15) is 18.0 Å². The van der Waals surface area contributed by atoms with Gasteiger partial charge in [0, 0.05) is 18.7 Å². The number of hydrogen-bond acceptors (Lipinski definition) is 5. The van der Waals surface area contributed by atoms with Gasteiger partial charge in [-0.25, -0.2) is 13.1 Å². The number of thiazole rings is 1. The topological polar surface area (TPSA) is 116 Å². The van der Waals surface area contributed by atoms with Crippen molar-refractivity contribution in [1.29, 1.82) is 0 Å². The number of sulfonamides is 1. The molecule has 3 N–H and O–H groups in total. The van der Waals surface area contributed by atoms with E-state index in [1.165, 1.54) is 6.92 Å². The highest BCUT2D eigenvalue weighted by atomic mass is 32.2. The van der Waals surface area contributed by atoms with Gasteiger partial charge in [-0.15, -0.1) is 0 Å². The van der Waals surface area contributed by atoms with Crippen molar-refractivity contribution in [1.82, 2.24) is 9.71 Å². The normalized spacial score (nSPS) is 11.6. The maximum absolute atomic E-state index is 11.7. The molecule has 7 nitrogen and oxygen atoms in total. The minimum atomic E-state index is -3.72. The fourth-order valence-corrected chi connectivity index (χ4v) is 3.58. The molecule has 0 bridgehead atoms. The first-order valence-electron chi connectivity index (χ1n) is 4.74. The summed E-state index contributed by atoms with van der Waals surface area (Å²) in [6.45, 7) is 1.52. The molecule has 0 aliphatic carbocycles. The predicted octanol–water partition coefficient (Wildman–Crippen LogP) is -0.112. The van der Waals surface area contributed by atoms with Crippen LogP contribution in [-0.4, -0.2) is 31.0 Å². The van der Waals surface area contributed by atoms with E-state index in [2.05, 4.69) is 9.71 Å². The fourth-order valence-electron chi connectivity index (χ4n) is 1.16. The van der Waals surface area contributed by atoms with Gasteiger partial charge < -0.3 is 10.1 Å². The van der Waals surface area contributed by atoms with Gasteiger partial charge in [-0.2, -0.15) is 0 Å². The van der Waals surface area contributed by atoms with E-state index in [-0.39, 0.29) is 29.3 Å². The molecule has 0 aromatic carbocycles. The van der Waals surface area contributed by atoms with Crippen molar-refractivity contribution < 1.29 is 18.3 Å². The Balaban J connectivity index is 2.67. The highest BCUT2D eigenvalue weighted by Gasteiger charge is 2.19. The molecule has 1 aromatic heterocycles. The van der Waals surface area contributed by atoms with Gasteiger partial charge in [0.2, 0.25) is 0 Å². The van der Waals surface area contributed by atoms with Crippen molar-refractivity contribution in [3.8, 4) is 0 Å². The maximum atomic E-state index is 11.7. The molecule has 0 aliphatic heterocycles. The lowest BCUT2D eigenvalue weighted by molar-refractivity contribution is -0.137. The van der Waals surface area contributed by atoms with E-state index < -0.39 is 20.9 Å². The largest absolute Gasteiger partial charge is 0.481 e. The number of aromatic nitrogens is 1. The standard InChI is InChI=1S/C8H12N2O5S2/c1-5-7(16-8(13)10-5)17(14,15)9-4-2-3-6(11)12/h9H,2-4H2,1H3,(H,10,13)(H,11,12). The quantitative estimate of drug-likeness (QED) is 0.628. The van der Waals surface area contributed by atoms with Crippen LogP contribution in [0, 0.1) is 6.92 Å². The number of hydrogen-bond donors (Lipinski definition) is 3. The van der Waals surface area contributed by atoms with Crippen molar-refractivity contribution in [2.24, 2.45) is 0 Å². The third kappa shape index (κ3) is 3.95. The number of H-pyrrole nitrogens is 1. The molecule has 17 heavy (non-hydrogen) atoms. The molecule has 0 radical (unpaired) electrons. The number of carbonyl (C=O) groups is 1. The van der Waals surface area contributed by atoms with Gasteiger partial charge >= 0.3 is 10.8 Å². The number of aryl methyl sites for hydroxylation is 1. The summed E-state index contributed by atoms with van der Waals surface area (Å²) in [7, 11) is -3.72. The highest BCUT2D eigenvalue weighted by molar-refractivity contribution is 7.91. The van der Waals surface area contributed by atoms with Crippen molar-refractivity contribution in [2.45, 2.75) is 24.0 Å². The van der Waals surface area contributed by atoms with Gasteiger partial charge in [-0.3, -0.25) is 9.59 Å². The Morgan fingerprint density at radius 1 is 1.53 bits per heavy atom. The SMILES string of the molecule is Cc1[nH]c(=O)sc1S(=O)(=O)NCCCC(=O)O. The second kappa shape index (κ2) is 5.43.